The van der Waals surface area contributed by atoms with E-state index in [1.54, 1.807) is 50.3 Å². The van der Waals surface area contributed by atoms with Crippen molar-refractivity contribution in [3.8, 4) is 0 Å². The van der Waals surface area contributed by atoms with Crippen molar-refractivity contribution in [1.82, 2.24) is 0 Å². The molecule has 2 N–H and O–H groups in total. The number of hydrogen-bond acceptors (Lipinski definition) is 4. The number of nitrogens with zero attached hydrogens (tertiary/aromatic N) is 2. The maximum absolute atomic E-state index is 12.5. The van der Waals surface area contributed by atoms with Crippen LogP contribution >= 0.6 is 11.9 Å². The summed E-state index contributed by atoms with van der Waals surface area (Å²) in [4.78, 5) is 1.10. The first-order chi connectivity index (χ1) is 12.3. The third kappa shape index (κ3) is 7.33. The lowest BCUT2D eigenvalue weighted by atomic mass is 10.3. The van der Waals surface area contributed by atoms with Crippen LogP contribution in [0.2, 0.25) is 0 Å². The van der Waals surface area contributed by atoms with E-state index in [9.17, 15) is 13.2 Å². The number of nitrogens with two attached hydrogens (primary N) is 1. The van der Waals surface area contributed by atoms with Crippen LogP contribution in [0.25, 0.3) is 0 Å². The number of para-hydroxylation sites is 1. The highest BCUT2D eigenvalue weighted by atomic mass is 32.2. The monoisotopic (exact) mass is 381 g/mol. The molecule has 0 heterocycles. The molecule has 0 spiro atoms. The Morgan fingerprint density at radius 2 is 1.50 bits per heavy atom. The molecule has 0 amide bonds. The second-order valence-corrected chi connectivity index (χ2v) is 5.90. The van der Waals surface area contributed by atoms with Crippen LogP contribution in [0, 0.1) is 0 Å². The van der Waals surface area contributed by atoms with Gasteiger partial charge in [-0.05, 0) is 57.0 Å². The molecule has 0 unspecified atom stereocenters. The van der Waals surface area contributed by atoms with Gasteiger partial charge < -0.3 is 0 Å². The first-order valence-electron chi connectivity index (χ1n) is 7.81. The summed E-state index contributed by atoms with van der Waals surface area (Å²) in [6.07, 6.45) is -2.71. The van der Waals surface area contributed by atoms with E-state index in [1.165, 1.54) is 17.0 Å². The van der Waals surface area contributed by atoms with Crippen molar-refractivity contribution in [1.29, 1.82) is 0 Å². The van der Waals surface area contributed by atoms with Gasteiger partial charge in [-0.25, -0.2) is 5.01 Å². The van der Waals surface area contributed by atoms with Gasteiger partial charge in [0.05, 0.1) is 5.69 Å². The van der Waals surface area contributed by atoms with Gasteiger partial charge in [0.25, 0.3) is 0 Å². The Balaban J connectivity index is 0.000000350. The summed E-state index contributed by atoms with van der Waals surface area (Å²) in [7, 11) is 0. The fourth-order valence-corrected chi connectivity index (χ4v) is 2.05. The van der Waals surface area contributed by atoms with Crippen LogP contribution in [0.1, 0.15) is 20.8 Å². The second-order valence-electron chi connectivity index (χ2n) is 5.19. The van der Waals surface area contributed by atoms with E-state index in [2.05, 4.69) is 5.10 Å². The molecular weight excluding hydrogens is 359 g/mol. The molecule has 0 aromatic heterocycles. The summed E-state index contributed by atoms with van der Waals surface area (Å²) < 4.78 is 37.5. The van der Waals surface area contributed by atoms with Gasteiger partial charge in [0.15, 0.2) is 0 Å². The Hall–Kier alpha value is -2.25. The Kier molecular flexibility index (Phi) is 8.95. The summed E-state index contributed by atoms with van der Waals surface area (Å²) in [6.45, 7) is 4.42. The zero-order valence-corrected chi connectivity index (χ0v) is 15.7. The Morgan fingerprint density at radius 1 is 1.00 bits per heavy atom. The molecule has 140 valence electrons. The molecule has 3 nitrogen and oxygen atoms in total. The fraction of sp³-hybridized carbons (Fsp3) is 0.211. The van der Waals surface area contributed by atoms with E-state index in [1.807, 2.05) is 30.3 Å². The molecule has 0 aliphatic rings. The summed E-state index contributed by atoms with van der Waals surface area (Å²) in [6, 6.07) is 18.6. The summed E-state index contributed by atoms with van der Waals surface area (Å²) in [5.41, 5.74) is 0.342. The van der Waals surface area contributed by atoms with Gasteiger partial charge in [-0.1, -0.05) is 42.5 Å². The quantitative estimate of drug-likeness (QED) is 0.401. The Morgan fingerprint density at radius 3 is 1.88 bits per heavy atom. The van der Waals surface area contributed by atoms with Gasteiger partial charge >= 0.3 is 6.18 Å². The molecule has 0 radical (unpaired) electrons. The highest BCUT2D eigenvalue weighted by molar-refractivity contribution is 7.97. The van der Waals surface area contributed by atoms with E-state index < -0.39 is 11.9 Å². The standard InChI is InChI=1S/C13H15F3N2.C6H7NS/c1-4-10(2)18(12-8-6-5-7-9-12)17-11(3)13(14,15)16;7-8-6-4-2-1-3-5-6/h4-9H,1-3H3;1-5H,7H2/b10-4-,17-11+;. The molecule has 0 fully saturated rings. The van der Waals surface area contributed by atoms with Crippen molar-refractivity contribution >= 4 is 23.3 Å². The lowest BCUT2D eigenvalue weighted by Gasteiger charge is -2.21. The number of alkyl halides is 3. The van der Waals surface area contributed by atoms with Crippen LogP contribution in [0.15, 0.2) is 82.4 Å². The average molecular weight is 381 g/mol. The fourth-order valence-electron chi connectivity index (χ4n) is 1.74. The molecule has 0 saturated heterocycles. The van der Waals surface area contributed by atoms with Crippen molar-refractivity contribution in [3.63, 3.8) is 0 Å². The number of rotatable bonds is 4. The van der Waals surface area contributed by atoms with Crippen LogP contribution < -0.4 is 10.1 Å². The largest absolute Gasteiger partial charge is 0.430 e. The molecule has 0 aliphatic heterocycles. The minimum atomic E-state index is -4.42. The average Bonchev–Trinajstić information content (AvgIpc) is 2.66. The van der Waals surface area contributed by atoms with Gasteiger partial charge in [-0.15, -0.1) is 0 Å². The number of hydrogen-bond donors (Lipinski definition) is 1. The van der Waals surface area contributed by atoms with E-state index in [-0.39, 0.29) is 0 Å². The minimum absolute atomic E-state index is 0.594. The molecule has 2 rings (SSSR count). The van der Waals surface area contributed by atoms with Crippen LogP contribution in [0.5, 0.6) is 0 Å². The summed E-state index contributed by atoms with van der Waals surface area (Å²) in [5.74, 6) is 0. The molecule has 2 aromatic rings. The molecule has 0 saturated carbocycles. The number of halogens is 3. The lowest BCUT2D eigenvalue weighted by molar-refractivity contribution is -0.0594. The van der Waals surface area contributed by atoms with Crippen molar-refractivity contribution in [2.45, 2.75) is 31.8 Å². The highest BCUT2D eigenvalue weighted by Crippen LogP contribution is 2.23. The smallest absolute Gasteiger partial charge is 0.274 e. The van der Waals surface area contributed by atoms with Crippen LogP contribution in [-0.2, 0) is 0 Å². The van der Waals surface area contributed by atoms with Crippen molar-refractivity contribution in [3.05, 3.63) is 72.4 Å². The first-order valence-corrected chi connectivity index (χ1v) is 8.69. The molecule has 2 aromatic carbocycles. The third-order valence-electron chi connectivity index (χ3n) is 3.29. The van der Waals surface area contributed by atoms with Crippen LogP contribution in [0.3, 0.4) is 0 Å². The van der Waals surface area contributed by atoms with E-state index in [4.69, 9.17) is 5.14 Å². The van der Waals surface area contributed by atoms with Gasteiger partial charge in [0.1, 0.15) is 5.71 Å². The topological polar surface area (TPSA) is 41.6 Å². The third-order valence-corrected chi connectivity index (χ3v) is 3.84. The number of hydrazone groups is 1. The maximum Gasteiger partial charge on any atom is 0.430 e. The van der Waals surface area contributed by atoms with Crippen molar-refractivity contribution in [2.24, 2.45) is 10.2 Å². The van der Waals surface area contributed by atoms with Crippen LogP contribution in [-0.4, -0.2) is 11.9 Å². The Labute approximate surface area is 156 Å². The van der Waals surface area contributed by atoms with Gasteiger partial charge in [-0.2, -0.15) is 18.3 Å². The normalized spacial score (nSPS) is 12.3. The zero-order chi connectivity index (χ0) is 19.6. The summed E-state index contributed by atoms with van der Waals surface area (Å²) >= 11 is 1.27. The summed E-state index contributed by atoms with van der Waals surface area (Å²) in [5, 5.41) is 10.2. The highest BCUT2D eigenvalue weighted by Gasteiger charge is 2.33. The number of allylic oxidation sites excluding steroid dienone is 2. The lowest BCUT2D eigenvalue weighted by Crippen LogP contribution is -2.25. The van der Waals surface area contributed by atoms with E-state index in [0.717, 1.165) is 11.8 Å². The van der Waals surface area contributed by atoms with E-state index in [0.29, 0.717) is 11.4 Å². The molecule has 0 bridgehead atoms. The van der Waals surface area contributed by atoms with Crippen LogP contribution in [0.4, 0.5) is 18.9 Å². The first kappa shape index (κ1) is 21.8. The second kappa shape index (κ2) is 10.7. The zero-order valence-electron chi connectivity index (χ0n) is 14.9. The van der Waals surface area contributed by atoms with E-state index >= 15 is 0 Å². The molecule has 7 heteroatoms. The number of benzene rings is 2. The minimum Gasteiger partial charge on any atom is -0.274 e. The van der Waals surface area contributed by atoms with Crippen molar-refractivity contribution in [2.75, 3.05) is 5.01 Å². The SMILES string of the molecule is C/C=C(/C)N(/N=C(\C)C(F)(F)F)c1ccccc1.NSc1ccccc1. The predicted octanol–water partition coefficient (Wildman–Crippen LogP) is 6.01. The number of anilines is 1. The molecule has 26 heavy (non-hydrogen) atoms. The van der Waals surface area contributed by atoms with Gasteiger partial charge in [0, 0.05) is 10.6 Å². The van der Waals surface area contributed by atoms with Gasteiger partial charge in [0.2, 0.25) is 0 Å². The van der Waals surface area contributed by atoms with Crippen molar-refractivity contribution < 1.29 is 13.2 Å². The molecule has 0 atom stereocenters. The van der Waals surface area contributed by atoms with Gasteiger partial charge in [-0.3, -0.25) is 5.14 Å². The maximum atomic E-state index is 12.5. The molecular formula is C19H22F3N3S. The Bertz CT molecular complexity index is 714. The molecule has 0 aliphatic carbocycles. The predicted molar refractivity (Wildman–Crippen MR) is 104 cm³/mol.